The van der Waals surface area contributed by atoms with E-state index in [4.69, 9.17) is 0 Å². The van der Waals surface area contributed by atoms with Crippen LogP contribution in [0.15, 0.2) is 33.3 Å². The van der Waals surface area contributed by atoms with Gasteiger partial charge in [-0.2, -0.15) is 5.10 Å². The number of aliphatic carboxylic acids is 1. The van der Waals surface area contributed by atoms with Gasteiger partial charge in [-0.1, -0.05) is 11.8 Å². The molecule has 4 rings (SSSR count). The number of halogens is 1. The van der Waals surface area contributed by atoms with Crippen LogP contribution in [0.5, 0.6) is 0 Å². The first-order valence-electron chi connectivity index (χ1n) is 9.03. The lowest BCUT2D eigenvalue weighted by molar-refractivity contribution is -0.151. The summed E-state index contributed by atoms with van der Waals surface area (Å²) in [7, 11) is 1.69. The van der Waals surface area contributed by atoms with Crippen LogP contribution in [-0.2, 0) is 21.4 Å². The lowest BCUT2D eigenvalue weighted by atomic mass is 10.0. The molecular weight excluding hydrogens is 512 g/mol. The van der Waals surface area contributed by atoms with Crippen molar-refractivity contribution in [2.24, 2.45) is 7.05 Å². The third-order valence-corrected chi connectivity index (χ3v) is 7.70. The number of thioether (sulfide) groups is 2. The Hall–Kier alpha value is -2.39. The molecule has 0 saturated carbocycles. The Kier molecular flexibility index (Phi) is 6.07. The van der Waals surface area contributed by atoms with Crippen LogP contribution in [0.1, 0.15) is 13.0 Å². The fraction of sp³-hybridized carbons (Fsp3) is 0.438. The fourth-order valence-electron chi connectivity index (χ4n) is 3.21. The Morgan fingerprint density at radius 1 is 1.48 bits per heavy atom. The number of nitrogens with one attached hydrogen (secondary N) is 1. The minimum Gasteiger partial charge on any atom is -0.477 e. The molecule has 0 unspecified atom stereocenters. The van der Waals surface area contributed by atoms with Crippen molar-refractivity contribution >= 4 is 57.2 Å². The minimum absolute atomic E-state index is 0.0362. The molecule has 2 aromatic heterocycles. The summed E-state index contributed by atoms with van der Waals surface area (Å²) >= 11 is 5.99. The lowest BCUT2D eigenvalue weighted by Crippen LogP contribution is -2.71. The van der Waals surface area contributed by atoms with Gasteiger partial charge in [0, 0.05) is 24.8 Å². The predicted octanol–water partition coefficient (Wildman–Crippen LogP) is 0.261. The highest BCUT2D eigenvalue weighted by molar-refractivity contribution is 9.10. The summed E-state index contributed by atoms with van der Waals surface area (Å²) in [5, 5.41) is 27.8. The lowest BCUT2D eigenvalue weighted by Gasteiger charge is -2.49. The number of aromatic nitrogens is 6. The molecular formula is C16H17BrN8O4S2. The highest BCUT2D eigenvalue weighted by Crippen LogP contribution is 2.41. The van der Waals surface area contributed by atoms with Crippen molar-refractivity contribution in [3.8, 4) is 0 Å². The van der Waals surface area contributed by atoms with E-state index in [9.17, 15) is 19.5 Å². The molecule has 12 nitrogen and oxygen atoms in total. The maximum Gasteiger partial charge on any atom is 0.352 e. The topological polar surface area (TPSA) is 148 Å². The Labute approximate surface area is 192 Å². The standard InChI is InChI=1S/C16H17BrN8O4S2/c1-7(24-4-9(17)3-18-24)12(26)19-10-13(27)25-11(15(28)29)8(5-30-14(10)25)6-31-16-20-21-22-23(16)2/h3-4,7,10,14H,5-6H2,1-2H3,(H,19,26)(H,28,29)/t7-,10+,14-/m1/s1. The average molecular weight is 529 g/mol. The van der Waals surface area contributed by atoms with Gasteiger partial charge < -0.3 is 10.4 Å². The summed E-state index contributed by atoms with van der Waals surface area (Å²) in [4.78, 5) is 38.6. The average Bonchev–Trinajstić information content (AvgIpc) is 3.36. The van der Waals surface area contributed by atoms with Gasteiger partial charge in [0.2, 0.25) is 11.1 Å². The third kappa shape index (κ3) is 4.08. The Morgan fingerprint density at radius 3 is 2.87 bits per heavy atom. The Morgan fingerprint density at radius 2 is 2.26 bits per heavy atom. The summed E-state index contributed by atoms with van der Waals surface area (Å²) < 4.78 is 3.71. The van der Waals surface area contributed by atoms with Gasteiger partial charge >= 0.3 is 5.97 Å². The molecule has 2 amide bonds. The summed E-state index contributed by atoms with van der Waals surface area (Å²) in [5.74, 6) is -1.24. The Balaban J connectivity index is 1.46. The molecule has 1 fully saturated rings. The second-order valence-electron chi connectivity index (χ2n) is 6.84. The molecule has 0 bridgehead atoms. The van der Waals surface area contributed by atoms with Crippen LogP contribution < -0.4 is 5.32 Å². The number of hydrogen-bond donors (Lipinski definition) is 2. The smallest absolute Gasteiger partial charge is 0.352 e. The van der Waals surface area contributed by atoms with Crippen LogP contribution in [0.4, 0.5) is 0 Å². The first-order chi connectivity index (χ1) is 14.8. The number of fused-ring (bicyclic) bond motifs is 1. The van der Waals surface area contributed by atoms with Crippen LogP contribution >= 0.6 is 39.5 Å². The number of amides is 2. The SMILES string of the molecule is C[C@H](C(=O)N[C@H]1C(=O)N2C(C(=O)O)=C(CSc3nnnn3C)CS[C@H]12)n1cc(Br)cn1. The van der Waals surface area contributed by atoms with E-state index in [1.807, 2.05) is 0 Å². The summed E-state index contributed by atoms with van der Waals surface area (Å²) in [6, 6.07) is -1.41. The second kappa shape index (κ2) is 8.63. The molecule has 3 atom stereocenters. The van der Waals surface area contributed by atoms with Crippen LogP contribution in [-0.4, -0.2) is 80.7 Å². The minimum atomic E-state index is -1.18. The van der Waals surface area contributed by atoms with Gasteiger partial charge in [0.15, 0.2) is 0 Å². The molecule has 2 aliphatic rings. The number of carboxylic acid groups (broad SMARTS) is 1. The first-order valence-corrected chi connectivity index (χ1v) is 11.9. The number of carboxylic acids is 1. The van der Waals surface area contributed by atoms with E-state index in [2.05, 4.69) is 41.9 Å². The highest BCUT2D eigenvalue weighted by atomic mass is 79.9. The van der Waals surface area contributed by atoms with Gasteiger partial charge in [-0.15, -0.1) is 16.9 Å². The largest absolute Gasteiger partial charge is 0.477 e. The Bertz CT molecular complexity index is 1090. The number of tetrazole rings is 1. The zero-order valence-corrected chi connectivity index (χ0v) is 19.5. The number of rotatable bonds is 7. The van der Waals surface area contributed by atoms with Crippen molar-refractivity contribution < 1.29 is 19.5 Å². The molecule has 15 heteroatoms. The van der Waals surface area contributed by atoms with E-state index >= 15 is 0 Å². The van der Waals surface area contributed by atoms with Crippen molar-refractivity contribution in [2.75, 3.05) is 11.5 Å². The van der Waals surface area contributed by atoms with E-state index in [-0.39, 0.29) is 11.6 Å². The second-order valence-corrected chi connectivity index (χ2v) is 9.80. The summed E-state index contributed by atoms with van der Waals surface area (Å²) in [5.41, 5.74) is 0.570. The van der Waals surface area contributed by atoms with Gasteiger partial charge in [-0.3, -0.25) is 19.2 Å². The fourth-order valence-corrected chi connectivity index (χ4v) is 5.85. The van der Waals surface area contributed by atoms with Crippen molar-refractivity contribution in [3.05, 3.63) is 28.1 Å². The molecule has 0 spiro atoms. The maximum absolute atomic E-state index is 12.8. The number of β-lactam (4-membered cyclic amide) rings is 1. The normalized spacial score (nSPS) is 21.5. The maximum atomic E-state index is 12.8. The van der Waals surface area contributed by atoms with E-state index in [0.717, 1.165) is 4.47 Å². The van der Waals surface area contributed by atoms with Gasteiger partial charge in [0.25, 0.3) is 5.91 Å². The molecule has 2 aliphatic heterocycles. The number of aryl methyl sites for hydroxylation is 1. The molecule has 0 aromatic carbocycles. The van der Waals surface area contributed by atoms with Crippen molar-refractivity contribution in [3.63, 3.8) is 0 Å². The molecule has 0 radical (unpaired) electrons. The van der Waals surface area contributed by atoms with E-state index in [1.54, 1.807) is 26.4 Å². The molecule has 1 saturated heterocycles. The van der Waals surface area contributed by atoms with Gasteiger partial charge in [-0.05, 0) is 38.9 Å². The van der Waals surface area contributed by atoms with Gasteiger partial charge in [0.1, 0.15) is 23.2 Å². The molecule has 2 aromatic rings. The van der Waals surface area contributed by atoms with Crippen LogP contribution in [0.25, 0.3) is 0 Å². The highest BCUT2D eigenvalue weighted by Gasteiger charge is 2.54. The first kappa shape index (κ1) is 21.8. The quantitative estimate of drug-likeness (QED) is 0.378. The van der Waals surface area contributed by atoms with Gasteiger partial charge in [-0.25, -0.2) is 9.48 Å². The van der Waals surface area contributed by atoms with Gasteiger partial charge in [0.05, 0.1) is 10.7 Å². The van der Waals surface area contributed by atoms with Crippen LogP contribution in [0, 0.1) is 0 Å². The van der Waals surface area contributed by atoms with Crippen LogP contribution in [0.3, 0.4) is 0 Å². The third-order valence-electron chi connectivity index (χ3n) is 4.85. The number of nitrogens with zero attached hydrogens (tertiary/aromatic N) is 7. The van der Waals surface area contributed by atoms with Crippen LogP contribution in [0.2, 0.25) is 0 Å². The van der Waals surface area contributed by atoms with Crippen molar-refractivity contribution in [1.29, 1.82) is 0 Å². The van der Waals surface area contributed by atoms with Crippen molar-refractivity contribution in [2.45, 2.75) is 29.5 Å². The number of carbonyl (C=O) groups is 3. The number of carbonyl (C=O) groups excluding carboxylic acids is 2. The molecule has 31 heavy (non-hydrogen) atoms. The van der Waals surface area contributed by atoms with E-state index in [1.165, 1.54) is 37.8 Å². The molecule has 4 heterocycles. The monoisotopic (exact) mass is 528 g/mol. The summed E-state index contributed by atoms with van der Waals surface area (Å²) in [6.45, 7) is 1.67. The van der Waals surface area contributed by atoms with Crippen molar-refractivity contribution in [1.82, 2.24) is 40.2 Å². The zero-order valence-electron chi connectivity index (χ0n) is 16.3. The molecule has 2 N–H and O–H groups in total. The summed E-state index contributed by atoms with van der Waals surface area (Å²) in [6.07, 6.45) is 3.23. The molecule has 0 aliphatic carbocycles. The van der Waals surface area contributed by atoms with E-state index in [0.29, 0.717) is 22.2 Å². The zero-order chi connectivity index (χ0) is 22.3. The van der Waals surface area contributed by atoms with E-state index < -0.39 is 29.3 Å². The molecule has 164 valence electrons. The predicted molar refractivity (Wildman–Crippen MR) is 114 cm³/mol. The number of hydrogen-bond acceptors (Lipinski definition) is 9.